The lowest BCUT2D eigenvalue weighted by atomic mass is 9.71. The maximum absolute atomic E-state index is 13.1. The minimum atomic E-state index is -0.192. The van der Waals surface area contributed by atoms with Gasteiger partial charge in [0.25, 0.3) is 5.91 Å². The van der Waals surface area contributed by atoms with Crippen molar-refractivity contribution in [1.29, 1.82) is 0 Å². The summed E-state index contributed by atoms with van der Waals surface area (Å²) in [5.74, 6) is 2.45. The van der Waals surface area contributed by atoms with Gasteiger partial charge in [-0.05, 0) is 79.2 Å². The van der Waals surface area contributed by atoms with Gasteiger partial charge in [-0.3, -0.25) is 14.0 Å². The lowest BCUT2D eigenvalue weighted by Crippen LogP contribution is -2.39. The monoisotopic (exact) mass is 422 g/mol. The molecule has 2 heterocycles. The molecule has 4 fully saturated rings. The highest BCUT2D eigenvalue weighted by Gasteiger charge is 2.72. The number of aliphatic hydroxyl groups is 1. The van der Waals surface area contributed by atoms with Crippen molar-refractivity contribution in [2.75, 3.05) is 19.7 Å². The van der Waals surface area contributed by atoms with E-state index in [2.05, 4.69) is 15.6 Å². The quantitative estimate of drug-likeness (QED) is 0.635. The highest BCUT2D eigenvalue weighted by molar-refractivity contribution is 5.93. The largest absolute Gasteiger partial charge is 0.395 e. The number of nitrogens with one attached hydrogen (secondary N) is 2. The molecule has 0 radical (unpaired) electrons. The van der Waals surface area contributed by atoms with Gasteiger partial charge in [-0.15, -0.1) is 0 Å². The van der Waals surface area contributed by atoms with Gasteiger partial charge in [-0.2, -0.15) is 0 Å². The SMILES string of the molecule is O=C(Cc1cn2c(C(=O)NCC34CC5CCC6(CC6C3)C5C4)cccc2n1)NCCO. The maximum atomic E-state index is 13.1. The third-order valence-electron chi connectivity index (χ3n) is 8.77. The van der Waals surface area contributed by atoms with E-state index in [1.54, 1.807) is 10.6 Å². The summed E-state index contributed by atoms with van der Waals surface area (Å²) in [6, 6.07) is 5.49. The van der Waals surface area contributed by atoms with Crippen LogP contribution in [-0.4, -0.2) is 46.0 Å². The molecule has 3 N–H and O–H groups in total. The lowest BCUT2D eigenvalue weighted by Gasteiger charge is -2.36. The van der Waals surface area contributed by atoms with Crippen LogP contribution in [0, 0.1) is 28.6 Å². The lowest BCUT2D eigenvalue weighted by molar-refractivity contribution is -0.120. The molecule has 4 aliphatic carbocycles. The Kier molecular flexibility index (Phi) is 4.23. The van der Waals surface area contributed by atoms with Crippen molar-refractivity contribution in [3.8, 4) is 0 Å². The highest BCUT2D eigenvalue weighted by Crippen LogP contribution is 2.79. The molecule has 4 aliphatic rings. The van der Waals surface area contributed by atoms with Crippen molar-refractivity contribution in [1.82, 2.24) is 20.0 Å². The first kappa shape index (κ1) is 19.3. The molecule has 1 spiro atoms. The third-order valence-corrected chi connectivity index (χ3v) is 8.77. The van der Waals surface area contributed by atoms with Crippen LogP contribution in [0.2, 0.25) is 0 Å². The number of carbonyl (C=O) groups excluding carboxylic acids is 2. The van der Waals surface area contributed by atoms with Gasteiger partial charge < -0.3 is 15.7 Å². The van der Waals surface area contributed by atoms with Crippen molar-refractivity contribution in [2.45, 2.75) is 44.9 Å². The van der Waals surface area contributed by atoms with Crippen LogP contribution in [0.3, 0.4) is 0 Å². The number of hydrogen-bond acceptors (Lipinski definition) is 4. The van der Waals surface area contributed by atoms with E-state index in [4.69, 9.17) is 5.11 Å². The second kappa shape index (κ2) is 6.79. The fourth-order valence-electron chi connectivity index (χ4n) is 7.48. The number of imidazole rings is 1. The van der Waals surface area contributed by atoms with E-state index in [9.17, 15) is 9.59 Å². The average Bonchev–Trinajstić information content (AvgIpc) is 3.01. The number of nitrogens with zero attached hydrogens (tertiary/aromatic N) is 2. The molecule has 7 nitrogen and oxygen atoms in total. The fraction of sp³-hybridized carbons (Fsp3) is 0.625. The number of pyridine rings is 1. The molecule has 4 saturated carbocycles. The first-order valence-electron chi connectivity index (χ1n) is 11.6. The molecule has 5 atom stereocenters. The van der Waals surface area contributed by atoms with Gasteiger partial charge >= 0.3 is 0 Å². The number of aliphatic hydroxyl groups excluding tert-OH is 1. The molecule has 0 aliphatic heterocycles. The second-order valence-corrected chi connectivity index (χ2v) is 10.5. The summed E-state index contributed by atoms with van der Waals surface area (Å²) in [7, 11) is 0. The average molecular weight is 423 g/mol. The first-order valence-corrected chi connectivity index (χ1v) is 11.6. The molecule has 2 amide bonds. The number of hydrogen-bond donors (Lipinski definition) is 3. The molecule has 164 valence electrons. The summed E-state index contributed by atoms with van der Waals surface area (Å²) in [5, 5.41) is 14.7. The molecule has 2 aromatic heterocycles. The van der Waals surface area contributed by atoms with Crippen LogP contribution in [0.4, 0.5) is 0 Å². The van der Waals surface area contributed by atoms with Gasteiger partial charge in [0.05, 0.1) is 18.7 Å². The Bertz CT molecular complexity index is 1060. The third kappa shape index (κ3) is 3.00. The Morgan fingerprint density at radius 2 is 2.10 bits per heavy atom. The minimum absolute atomic E-state index is 0.0710. The molecule has 7 heteroatoms. The molecule has 2 bridgehead atoms. The van der Waals surface area contributed by atoms with E-state index in [-0.39, 0.29) is 31.4 Å². The molecule has 2 aromatic rings. The van der Waals surface area contributed by atoms with Crippen molar-refractivity contribution in [3.05, 3.63) is 35.8 Å². The summed E-state index contributed by atoms with van der Waals surface area (Å²) in [6.45, 7) is 0.907. The van der Waals surface area contributed by atoms with E-state index in [0.29, 0.717) is 27.9 Å². The Labute approximate surface area is 181 Å². The normalized spacial score (nSPS) is 34.5. The number of amides is 2. The topological polar surface area (TPSA) is 95.7 Å². The summed E-state index contributed by atoms with van der Waals surface area (Å²) >= 11 is 0. The number of carbonyl (C=O) groups is 2. The van der Waals surface area contributed by atoms with E-state index in [1.165, 1.54) is 38.5 Å². The van der Waals surface area contributed by atoms with Gasteiger partial charge in [0.2, 0.25) is 5.91 Å². The number of aromatic nitrogens is 2. The zero-order valence-corrected chi connectivity index (χ0v) is 17.8. The van der Waals surface area contributed by atoms with Gasteiger partial charge in [-0.1, -0.05) is 6.07 Å². The fourth-order valence-corrected chi connectivity index (χ4v) is 7.48. The second-order valence-electron chi connectivity index (χ2n) is 10.5. The van der Waals surface area contributed by atoms with Crippen molar-refractivity contribution >= 4 is 17.5 Å². The Morgan fingerprint density at radius 1 is 1.19 bits per heavy atom. The zero-order chi connectivity index (χ0) is 21.2. The molecular weight excluding hydrogens is 392 g/mol. The molecule has 31 heavy (non-hydrogen) atoms. The Hall–Kier alpha value is -2.41. The number of rotatable bonds is 7. The van der Waals surface area contributed by atoms with Crippen molar-refractivity contribution in [2.24, 2.45) is 28.6 Å². The van der Waals surface area contributed by atoms with Crippen LogP contribution in [0.15, 0.2) is 24.4 Å². The smallest absolute Gasteiger partial charge is 0.268 e. The van der Waals surface area contributed by atoms with Crippen molar-refractivity contribution < 1.29 is 14.7 Å². The van der Waals surface area contributed by atoms with E-state index >= 15 is 0 Å². The van der Waals surface area contributed by atoms with Crippen LogP contribution in [0.1, 0.15) is 54.7 Å². The molecule has 0 aromatic carbocycles. The Morgan fingerprint density at radius 3 is 2.97 bits per heavy atom. The van der Waals surface area contributed by atoms with E-state index in [0.717, 1.165) is 24.3 Å². The summed E-state index contributed by atoms with van der Waals surface area (Å²) < 4.78 is 1.78. The summed E-state index contributed by atoms with van der Waals surface area (Å²) in [4.78, 5) is 29.6. The van der Waals surface area contributed by atoms with Crippen LogP contribution >= 0.6 is 0 Å². The van der Waals surface area contributed by atoms with Gasteiger partial charge in [0.15, 0.2) is 0 Å². The minimum Gasteiger partial charge on any atom is -0.395 e. The predicted octanol–water partition coefficient (Wildman–Crippen LogP) is 1.93. The highest BCUT2D eigenvalue weighted by atomic mass is 16.3. The van der Waals surface area contributed by atoms with Crippen LogP contribution in [-0.2, 0) is 11.2 Å². The maximum Gasteiger partial charge on any atom is 0.268 e. The van der Waals surface area contributed by atoms with Gasteiger partial charge in [0.1, 0.15) is 11.3 Å². The van der Waals surface area contributed by atoms with Crippen LogP contribution < -0.4 is 10.6 Å². The molecule has 5 unspecified atom stereocenters. The van der Waals surface area contributed by atoms with Gasteiger partial charge in [0, 0.05) is 19.3 Å². The first-order chi connectivity index (χ1) is 15.0. The van der Waals surface area contributed by atoms with E-state index in [1.807, 2.05) is 18.2 Å². The molecular formula is C24H30N4O3. The molecule has 0 saturated heterocycles. The van der Waals surface area contributed by atoms with Crippen LogP contribution in [0.5, 0.6) is 0 Å². The zero-order valence-electron chi connectivity index (χ0n) is 17.8. The Balaban J connectivity index is 1.16. The number of fused-ring (bicyclic) bond motifs is 2. The molecule has 6 rings (SSSR count). The van der Waals surface area contributed by atoms with Crippen LogP contribution in [0.25, 0.3) is 5.65 Å². The van der Waals surface area contributed by atoms with Gasteiger partial charge in [-0.25, -0.2) is 4.98 Å². The predicted molar refractivity (Wildman–Crippen MR) is 114 cm³/mol. The summed E-state index contributed by atoms with van der Waals surface area (Å²) in [5.41, 5.74) is 2.83. The standard InChI is InChI=1S/C24H30N4O3/c29-7-6-25-21(30)8-17-13-28-19(2-1-3-20(28)27-17)22(31)26-14-23-9-15-4-5-24(18(15)12-23)11-16(24)10-23/h1-3,13,15-16,18,29H,4-12,14H2,(H,25,30)(H,26,31). The van der Waals surface area contributed by atoms with Crippen molar-refractivity contribution in [3.63, 3.8) is 0 Å². The summed E-state index contributed by atoms with van der Waals surface area (Å²) in [6.07, 6.45) is 10.1. The van der Waals surface area contributed by atoms with E-state index < -0.39 is 0 Å².